The van der Waals surface area contributed by atoms with Crippen molar-refractivity contribution in [1.29, 1.82) is 0 Å². The van der Waals surface area contributed by atoms with Gasteiger partial charge in [0.25, 0.3) is 0 Å². The van der Waals surface area contributed by atoms with Crippen molar-refractivity contribution in [1.82, 2.24) is 10.6 Å². The van der Waals surface area contributed by atoms with Gasteiger partial charge in [-0.3, -0.25) is 9.00 Å². The highest BCUT2D eigenvalue weighted by Gasteiger charge is 2.39. The molecule has 0 aliphatic heterocycles. The van der Waals surface area contributed by atoms with E-state index in [2.05, 4.69) is 45.3 Å². The summed E-state index contributed by atoms with van der Waals surface area (Å²) < 4.78 is 25.1. The predicted molar refractivity (Wildman–Crippen MR) is 170 cm³/mol. The van der Waals surface area contributed by atoms with Crippen molar-refractivity contribution in [2.24, 2.45) is 21.7 Å². The molecule has 0 spiro atoms. The van der Waals surface area contributed by atoms with Crippen LogP contribution in [-0.2, 0) is 29.9 Å². The van der Waals surface area contributed by atoms with Crippen LogP contribution in [0.4, 0.5) is 4.79 Å². The summed E-state index contributed by atoms with van der Waals surface area (Å²) in [6.45, 7) is 22.4. The van der Waals surface area contributed by atoms with Crippen LogP contribution in [-0.4, -0.2) is 60.7 Å². The molecule has 0 fully saturated rings. The van der Waals surface area contributed by atoms with E-state index in [9.17, 15) is 18.6 Å². The number of rotatable bonds is 19. The highest BCUT2D eigenvalue weighted by molar-refractivity contribution is 7.85. The largest absolute Gasteiger partial charge is 0.445 e. The number of carbonyl (C=O) groups excluding carboxylic acids is 3. The zero-order valence-corrected chi connectivity index (χ0v) is 28.5. The molecule has 0 saturated heterocycles. The molecule has 240 valence electrons. The number of carbonyl (C=O) groups is 3. The van der Waals surface area contributed by atoms with Crippen LogP contribution in [0.2, 0.25) is 0 Å². The van der Waals surface area contributed by atoms with Gasteiger partial charge in [-0.15, -0.1) is 0 Å². The van der Waals surface area contributed by atoms with Gasteiger partial charge in [0.15, 0.2) is 0 Å². The summed E-state index contributed by atoms with van der Waals surface area (Å²) in [6.07, 6.45) is 1.56. The Morgan fingerprint density at radius 1 is 0.929 bits per heavy atom. The molecule has 1 aromatic rings. The van der Waals surface area contributed by atoms with E-state index in [0.29, 0.717) is 37.5 Å². The van der Waals surface area contributed by atoms with E-state index in [4.69, 9.17) is 9.47 Å². The highest BCUT2D eigenvalue weighted by Crippen LogP contribution is 2.38. The Morgan fingerprint density at radius 2 is 1.52 bits per heavy atom. The molecule has 0 aromatic heterocycles. The second-order valence-electron chi connectivity index (χ2n) is 14.6. The molecule has 9 heteroatoms. The lowest BCUT2D eigenvalue weighted by atomic mass is 9.72. The van der Waals surface area contributed by atoms with Gasteiger partial charge in [-0.25, -0.2) is 4.79 Å². The summed E-state index contributed by atoms with van der Waals surface area (Å²) in [6, 6.07) is 7.48. The van der Waals surface area contributed by atoms with Crippen molar-refractivity contribution in [2.45, 2.75) is 106 Å². The van der Waals surface area contributed by atoms with E-state index in [1.54, 1.807) is 0 Å². The zero-order valence-electron chi connectivity index (χ0n) is 27.7. The Morgan fingerprint density at radius 3 is 2.10 bits per heavy atom. The van der Waals surface area contributed by atoms with Gasteiger partial charge in [0.05, 0.1) is 29.8 Å². The van der Waals surface area contributed by atoms with E-state index in [1.165, 1.54) is 0 Å². The molecule has 1 aromatic carbocycles. The lowest BCUT2D eigenvalue weighted by Crippen LogP contribution is -2.45. The van der Waals surface area contributed by atoms with Gasteiger partial charge < -0.3 is 24.9 Å². The summed E-state index contributed by atoms with van der Waals surface area (Å²) in [5.41, 5.74) is -0.0342. The summed E-state index contributed by atoms with van der Waals surface area (Å²) >= 11 is 0. The lowest BCUT2D eigenvalue weighted by Gasteiger charge is -2.40. The summed E-state index contributed by atoms with van der Waals surface area (Å²) in [4.78, 5) is 36.8. The molecule has 0 heterocycles. The summed E-state index contributed by atoms with van der Waals surface area (Å²) in [5, 5.41) is 5.70. The van der Waals surface area contributed by atoms with Crippen LogP contribution >= 0.6 is 0 Å². The minimum atomic E-state index is -1.40. The van der Waals surface area contributed by atoms with E-state index in [1.807, 2.05) is 58.9 Å². The Kier molecular flexibility index (Phi) is 14.9. The number of aldehydes is 1. The van der Waals surface area contributed by atoms with Crippen molar-refractivity contribution >= 4 is 29.1 Å². The maximum absolute atomic E-state index is 13.3. The third kappa shape index (κ3) is 14.8. The number of benzene rings is 1. The van der Waals surface area contributed by atoms with Crippen molar-refractivity contribution in [3.05, 3.63) is 29.8 Å². The standard InChI is InChI=1S/C33H56N2O6S/c1-11-30(3,4)23-40-24-31(5,6)19-28(37)35-22-32(7,8)21-33(9,10)27(41-29(38)34-17-12-18-36)20-42(39)26-15-13-25(2)14-16-26/h13-16,18,27H,11-12,17,19-24H2,1-10H3,(H,34,38)(H,35,37). The van der Waals surface area contributed by atoms with Crippen molar-refractivity contribution in [3.8, 4) is 0 Å². The van der Waals surface area contributed by atoms with Crippen LogP contribution in [0.25, 0.3) is 0 Å². The molecule has 2 unspecified atom stereocenters. The molecule has 2 amide bonds. The van der Waals surface area contributed by atoms with Crippen LogP contribution in [0.1, 0.15) is 93.6 Å². The number of nitrogens with one attached hydrogen (secondary N) is 2. The maximum Gasteiger partial charge on any atom is 0.407 e. The molecule has 0 radical (unpaired) electrons. The van der Waals surface area contributed by atoms with Gasteiger partial charge >= 0.3 is 6.09 Å². The Balaban J connectivity index is 2.88. The van der Waals surface area contributed by atoms with Crippen LogP contribution in [0, 0.1) is 28.6 Å². The molecule has 8 nitrogen and oxygen atoms in total. The molecule has 0 bridgehead atoms. The monoisotopic (exact) mass is 608 g/mol. The van der Waals surface area contributed by atoms with Crippen LogP contribution < -0.4 is 10.6 Å². The topological polar surface area (TPSA) is 111 Å². The fourth-order valence-electron chi connectivity index (χ4n) is 4.75. The number of alkyl carbamates (subject to hydrolysis) is 1. The number of hydrogen-bond donors (Lipinski definition) is 2. The first-order valence-electron chi connectivity index (χ1n) is 15.0. The van der Waals surface area contributed by atoms with Crippen LogP contribution in [0.3, 0.4) is 0 Å². The molecular weight excluding hydrogens is 552 g/mol. The van der Waals surface area contributed by atoms with Gasteiger partial charge in [0.1, 0.15) is 12.4 Å². The third-order valence-corrected chi connectivity index (χ3v) is 8.92. The van der Waals surface area contributed by atoms with Crippen molar-refractivity contribution < 1.29 is 28.1 Å². The van der Waals surface area contributed by atoms with Gasteiger partial charge in [0, 0.05) is 36.2 Å². The molecule has 0 saturated carbocycles. The van der Waals surface area contributed by atoms with Gasteiger partial charge in [0.2, 0.25) is 5.91 Å². The second-order valence-corrected chi connectivity index (χ2v) is 16.1. The molecular formula is C33H56N2O6S. The summed E-state index contributed by atoms with van der Waals surface area (Å²) in [7, 11) is -1.40. The minimum absolute atomic E-state index is 0.0351. The maximum atomic E-state index is 13.3. The number of hydrogen-bond acceptors (Lipinski definition) is 6. The number of ether oxygens (including phenoxy) is 2. The number of amides is 2. The molecule has 1 rings (SSSR count). The van der Waals surface area contributed by atoms with E-state index in [0.717, 1.165) is 18.3 Å². The third-order valence-electron chi connectivity index (χ3n) is 7.52. The molecule has 42 heavy (non-hydrogen) atoms. The first-order valence-corrected chi connectivity index (χ1v) is 16.3. The average molecular weight is 609 g/mol. The summed E-state index contributed by atoms with van der Waals surface area (Å²) in [5.74, 6) is 0.0925. The van der Waals surface area contributed by atoms with E-state index >= 15 is 0 Å². The van der Waals surface area contributed by atoms with Crippen LogP contribution in [0.5, 0.6) is 0 Å². The fourth-order valence-corrected chi connectivity index (χ4v) is 6.17. The van der Waals surface area contributed by atoms with Crippen LogP contribution in [0.15, 0.2) is 29.2 Å². The Labute approximate surface area is 256 Å². The molecule has 0 aliphatic rings. The SMILES string of the molecule is CCC(C)(C)COCC(C)(C)CC(=O)NCC(C)(C)CC(C)(C)C(CS(=O)c1ccc(C)cc1)OC(=O)NCCC=O. The smallest absolute Gasteiger partial charge is 0.407 e. The fraction of sp³-hybridized carbons (Fsp3) is 0.727. The first kappa shape index (κ1) is 37.8. The van der Waals surface area contributed by atoms with Gasteiger partial charge in [-0.1, -0.05) is 80.0 Å². The van der Waals surface area contributed by atoms with E-state index in [-0.39, 0.29) is 40.9 Å². The predicted octanol–water partition coefficient (Wildman–Crippen LogP) is 6.21. The van der Waals surface area contributed by atoms with Gasteiger partial charge in [-0.05, 0) is 48.1 Å². The van der Waals surface area contributed by atoms with Crippen molar-refractivity contribution in [2.75, 3.05) is 32.1 Å². The average Bonchev–Trinajstić information content (AvgIpc) is 2.86. The number of aryl methyl sites for hydroxylation is 1. The molecule has 0 aliphatic carbocycles. The van der Waals surface area contributed by atoms with Crippen molar-refractivity contribution in [3.63, 3.8) is 0 Å². The Hall–Kier alpha value is -2.26. The molecule has 2 N–H and O–H groups in total. The Bertz CT molecular complexity index is 1030. The second kappa shape index (κ2) is 16.6. The first-order chi connectivity index (χ1) is 19.3. The lowest BCUT2D eigenvalue weighted by molar-refractivity contribution is -0.124. The normalized spacial score (nSPS) is 14.1. The molecule has 2 atom stereocenters. The quantitative estimate of drug-likeness (QED) is 0.143. The zero-order chi connectivity index (χ0) is 32.2. The van der Waals surface area contributed by atoms with E-state index < -0.39 is 28.4 Å². The highest BCUT2D eigenvalue weighted by atomic mass is 32.2. The minimum Gasteiger partial charge on any atom is -0.445 e. The van der Waals surface area contributed by atoms with Gasteiger partial charge in [-0.2, -0.15) is 0 Å².